The minimum atomic E-state index is -0.873. The molecule has 1 atom stereocenters. The van der Waals surface area contributed by atoms with Crippen molar-refractivity contribution in [1.29, 1.82) is 0 Å². The highest BCUT2D eigenvalue weighted by atomic mass is 16.3. The van der Waals surface area contributed by atoms with Crippen molar-refractivity contribution in [3.05, 3.63) is 35.4 Å². The predicted octanol–water partition coefficient (Wildman–Crippen LogP) is 0.356. The zero-order valence-electron chi connectivity index (χ0n) is 7.12. The second-order valence-electron chi connectivity index (χ2n) is 2.72. The first-order chi connectivity index (χ1) is 5.74. The Balaban J connectivity index is 2.81. The molecule has 1 unspecified atom stereocenters. The van der Waals surface area contributed by atoms with Crippen molar-refractivity contribution in [3.63, 3.8) is 0 Å². The molecule has 0 saturated heterocycles. The van der Waals surface area contributed by atoms with Gasteiger partial charge < -0.3 is 16.2 Å². The normalized spacial score (nSPS) is 12.9. The van der Waals surface area contributed by atoms with E-state index in [2.05, 4.69) is 5.32 Å². The maximum absolute atomic E-state index is 9.07. The molecule has 0 saturated carbocycles. The van der Waals surface area contributed by atoms with E-state index in [0.29, 0.717) is 0 Å². The van der Waals surface area contributed by atoms with Crippen LogP contribution in [0.1, 0.15) is 17.4 Å². The van der Waals surface area contributed by atoms with Crippen LogP contribution in [0, 0.1) is 0 Å². The minimum absolute atomic E-state index is 0.753. The summed E-state index contributed by atoms with van der Waals surface area (Å²) in [5, 5.41) is 12.1. The third-order valence-corrected chi connectivity index (χ3v) is 1.67. The molecule has 0 aliphatic heterocycles. The molecule has 4 N–H and O–H groups in total. The van der Waals surface area contributed by atoms with E-state index in [1.807, 2.05) is 31.3 Å². The largest absolute Gasteiger partial charge is 0.375 e. The van der Waals surface area contributed by atoms with Gasteiger partial charge in [-0.25, -0.2) is 0 Å². The molecule has 0 aliphatic rings. The van der Waals surface area contributed by atoms with Gasteiger partial charge in [0.25, 0.3) is 0 Å². The number of benzene rings is 1. The molecule has 1 rings (SSSR count). The Morgan fingerprint density at radius 1 is 1.58 bits per heavy atom. The average molecular weight is 166 g/mol. The van der Waals surface area contributed by atoms with E-state index >= 15 is 0 Å². The van der Waals surface area contributed by atoms with Crippen LogP contribution in [-0.4, -0.2) is 12.2 Å². The van der Waals surface area contributed by atoms with Gasteiger partial charge in [-0.15, -0.1) is 0 Å². The van der Waals surface area contributed by atoms with Crippen LogP contribution in [0.15, 0.2) is 24.3 Å². The van der Waals surface area contributed by atoms with Crippen molar-refractivity contribution in [2.45, 2.75) is 12.8 Å². The van der Waals surface area contributed by atoms with Gasteiger partial charge in [0.1, 0.15) is 6.23 Å². The van der Waals surface area contributed by atoms with Crippen LogP contribution < -0.4 is 11.1 Å². The number of hydrogen-bond acceptors (Lipinski definition) is 3. The van der Waals surface area contributed by atoms with E-state index in [-0.39, 0.29) is 0 Å². The van der Waals surface area contributed by atoms with Crippen LogP contribution in [0.4, 0.5) is 0 Å². The summed E-state index contributed by atoms with van der Waals surface area (Å²) >= 11 is 0. The topological polar surface area (TPSA) is 58.3 Å². The fourth-order valence-electron chi connectivity index (χ4n) is 1.09. The first kappa shape index (κ1) is 9.19. The molecule has 0 aromatic heterocycles. The lowest BCUT2D eigenvalue weighted by Crippen LogP contribution is -2.10. The second-order valence-corrected chi connectivity index (χ2v) is 2.72. The summed E-state index contributed by atoms with van der Waals surface area (Å²) < 4.78 is 0. The van der Waals surface area contributed by atoms with Crippen LogP contribution >= 0.6 is 0 Å². The summed E-state index contributed by atoms with van der Waals surface area (Å²) in [5.41, 5.74) is 7.19. The van der Waals surface area contributed by atoms with Crippen LogP contribution in [0.2, 0.25) is 0 Å². The number of hydrogen-bond donors (Lipinski definition) is 3. The Kier molecular flexibility index (Phi) is 3.22. The van der Waals surface area contributed by atoms with Gasteiger partial charge in [0.15, 0.2) is 0 Å². The van der Waals surface area contributed by atoms with E-state index in [1.165, 1.54) is 0 Å². The van der Waals surface area contributed by atoms with Crippen molar-refractivity contribution in [2.24, 2.45) is 5.73 Å². The van der Waals surface area contributed by atoms with E-state index in [1.54, 1.807) is 0 Å². The Hall–Kier alpha value is -0.900. The Bertz CT molecular complexity index is 248. The third-order valence-electron chi connectivity index (χ3n) is 1.67. The summed E-state index contributed by atoms with van der Waals surface area (Å²) in [7, 11) is 1.88. The van der Waals surface area contributed by atoms with Crippen molar-refractivity contribution >= 4 is 0 Å². The molecule has 66 valence electrons. The lowest BCUT2D eigenvalue weighted by molar-refractivity contribution is 0.186. The summed E-state index contributed by atoms with van der Waals surface area (Å²) in [4.78, 5) is 0. The lowest BCUT2D eigenvalue weighted by atomic mass is 10.1. The number of nitrogens with two attached hydrogens (primary N) is 1. The fraction of sp³-hybridized carbons (Fsp3) is 0.333. The SMILES string of the molecule is CNCc1cccc(C(N)O)c1. The highest BCUT2D eigenvalue weighted by molar-refractivity contribution is 5.24. The molecular formula is C9H14N2O. The number of rotatable bonds is 3. The van der Waals surface area contributed by atoms with Crippen LogP contribution in [0.3, 0.4) is 0 Å². The minimum Gasteiger partial charge on any atom is -0.375 e. The maximum atomic E-state index is 9.07. The van der Waals surface area contributed by atoms with Gasteiger partial charge in [-0.2, -0.15) is 0 Å². The quantitative estimate of drug-likeness (QED) is 0.568. The fourth-order valence-corrected chi connectivity index (χ4v) is 1.09. The van der Waals surface area contributed by atoms with Crippen LogP contribution in [-0.2, 0) is 6.54 Å². The first-order valence-electron chi connectivity index (χ1n) is 3.91. The summed E-state index contributed by atoms with van der Waals surface area (Å²) in [6, 6.07) is 7.57. The number of aliphatic hydroxyl groups is 1. The molecule has 0 spiro atoms. The predicted molar refractivity (Wildman–Crippen MR) is 48.4 cm³/mol. The molecule has 0 fully saturated rings. The van der Waals surface area contributed by atoms with Gasteiger partial charge >= 0.3 is 0 Å². The lowest BCUT2D eigenvalue weighted by Gasteiger charge is -2.06. The third kappa shape index (κ3) is 2.30. The van der Waals surface area contributed by atoms with E-state index in [4.69, 9.17) is 10.8 Å². The van der Waals surface area contributed by atoms with Crippen molar-refractivity contribution in [3.8, 4) is 0 Å². The molecule has 1 aromatic carbocycles. The smallest absolute Gasteiger partial charge is 0.128 e. The Labute approximate surface area is 72.2 Å². The second kappa shape index (κ2) is 4.21. The van der Waals surface area contributed by atoms with E-state index in [0.717, 1.165) is 17.7 Å². The monoisotopic (exact) mass is 166 g/mol. The molecule has 1 aromatic rings. The Morgan fingerprint density at radius 2 is 2.33 bits per heavy atom. The molecule has 0 heterocycles. The maximum Gasteiger partial charge on any atom is 0.128 e. The van der Waals surface area contributed by atoms with Crippen LogP contribution in [0.25, 0.3) is 0 Å². The molecule has 0 radical (unpaired) electrons. The van der Waals surface area contributed by atoms with Gasteiger partial charge in [0.05, 0.1) is 0 Å². The Morgan fingerprint density at radius 3 is 2.92 bits per heavy atom. The first-order valence-corrected chi connectivity index (χ1v) is 3.91. The highest BCUT2D eigenvalue weighted by Crippen LogP contribution is 2.09. The van der Waals surface area contributed by atoms with Gasteiger partial charge in [-0.3, -0.25) is 0 Å². The summed E-state index contributed by atoms with van der Waals surface area (Å²) in [5.74, 6) is 0. The van der Waals surface area contributed by atoms with E-state index in [9.17, 15) is 0 Å². The standard InChI is InChI=1S/C9H14N2O/c1-11-6-7-3-2-4-8(5-7)9(10)12/h2-5,9,11-12H,6,10H2,1H3. The highest BCUT2D eigenvalue weighted by Gasteiger charge is 2.00. The molecule has 12 heavy (non-hydrogen) atoms. The molecule has 0 amide bonds. The molecular weight excluding hydrogens is 152 g/mol. The zero-order chi connectivity index (χ0) is 8.97. The van der Waals surface area contributed by atoms with Gasteiger partial charge in [0, 0.05) is 6.54 Å². The zero-order valence-corrected chi connectivity index (χ0v) is 7.12. The number of nitrogens with one attached hydrogen (secondary N) is 1. The van der Waals surface area contributed by atoms with Crippen molar-refractivity contribution in [1.82, 2.24) is 5.32 Å². The average Bonchev–Trinajstić information content (AvgIpc) is 2.05. The van der Waals surface area contributed by atoms with E-state index < -0.39 is 6.23 Å². The molecule has 3 nitrogen and oxygen atoms in total. The van der Waals surface area contributed by atoms with Crippen molar-refractivity contribution in [2.75, 3.05) is 7.05 Å². The summed E-state index contributed by atoms with van der Waals surface area (Å²) in [6.45, 7) is 0.792. The number of aliphatic hydroxyl groups excluding tert-OH is 1. The van der Waals surface area contributed by atoms with Crippen molar-refractivity contribution < 1.29 is 5.11 Å². The van der Waals surface area contributed by atoms with Gasteiger partial charge in [-0.05, 0) is 18.2 Å². The molecule has 0 aliphatic carbocycles. The van der Waals surface area contributed by atoms with Crippen LogP contribution in [0.5, 0.6) is 0 Å². The van der Waals surface area contributed by atoms with Gasteiger partial charge in [0.2, 0.25) is 0 Å². The molecule has 0 bridgehead atoms. The molecule has 3 heteroatoms. The van der Waals surface area contributed by atoms with Gasteiger partial charge in [-0.1, -0.05) is 24.3 Å². The summed E-state index contributed by atoms with van der Waals surface area (Å²) in [6.07, 6.45) is -0.873.